The molecule has 9 heteroatoms. The lowest BCUT2D eigenvalue weighted by molar-refractivity contribution is -0.384. The van der Waals surface area contributed by atoms with Crippen molar-refractivity contribution >= 4 is 21.3 Å². The Balaban J connectivity index is 2.23. The van der Waals surface area contributed by atoms with Gasteiger partial charge in [0.05, 0.1) is 9.82 Å². The van der Waals surface area contributed by atoms with Crippen LogP contribution in [-0.2, 0) is 9.84 Å². The fourth-order valence-electron chi connectivity index (χ4n) is 1.54. The average molecular weight is 309 g/mol. The summed E-state index contributed by atoms with van der Waals surface area (Å²) in [7, 11) is -3.28. The zero-order chi connectivity index (χ0) is 15.6. The summed E-state index contributed by atoms with van der Waals surface area (Å²) in [5.74, 6) is 0.151. The SMILES string of the molecule is CS(=O)(=O)c1ccc(Oc2ccc([N+](=O)[O-])c(N)n2)cc1. The van der Waals surface area contributed by atoms with E-state index in [1.54, 1.807) is 0 Å². The number of hydrogen-bond acceptors (Lipinski definition) is 7. The summed E-state index contributed by atoms with van der Waals surface area (Å²) in [5.41, 5.74) is 5.13. The highest BCUT2D eigenvalue weighted by Gasteiger charge is 2.14. The Labute approximate surface area is 120 Å². The van der Waals surface area contributed by atoms with Crippen LogP contribution in [0.1, 0.15) is 0 Å². The molecule has 0 unspecified atom stereocenters. The zero-order valence-electron chi connectivity index (χ0n) is 10.9. The molecule has 0 amide bonds. The van der Waals surface area contributed by atoms with Crippen molar-refractivity contribution in [2.45, 2.75) is 4.90 Å². The van der Waals surface area contributed by atoms with E-state index in [9.17, 15) is 18.5 Å². The number of sulfone groups is 1. The van der Waals surface area contributed by atoms with Crippen LogP contribution in [0, 0.1) is 10.1 Å². The molecule has 1 heterocycles. The maximum Gasteiger partial charge on any atom is 0.311 e. The second-order valence-corrected chi connectivity index (χ2v) is 6.17. The molecule has 0 spiro atoms. The van der Waals surface area contributed by atoms with Gasteiger partial charge in [-0.3, -0.25) is 10.1 Å². The van der Waals surface area contributed by atoms with Crippen molar-refractivity contribution in [2.24, 2.45) is 0 Å². The predicted molar refractivity (Wildman–Crippen MR) is 74.9 cm³/mol. The summed E-state index contributed by atoms with van der Waals surface area (Å²) in [6.07, 6.45) is 1.10. The van der Waals surface area contributed by atoms with E-state index in [2.05, 4.69) is 4.98 Å². The number of nitrogens with two attached hydrogens (primary N) is 1. The quantitative estimate of drug-likeness (QED) is 0.673. The fourth-order valence-corrected chi connectivity index (χ4v) is 2.17. The number of aromatic nitrogens is 1. The minimum Gasteiger partial charge on any atom is -0.439 e. The van der Waals surface area contributed by atoms with E-state index in [0.717, 1.165) is 6.26 Å². The molecule has 8 nitrogen and oxygen atoms in total. The summed E-state index contributed by atoms with van der Waals surface area (Å²) in [5, 5.41) is 10.6. The van der Waals surface area contributed by atoms with E-state index in [1.807, 2.05) is 0 Å². The number of nitrogens with zero attached hydrogens (tertiary/aromatic N) is 2. The number of rotatable bonds is 4. The largest absolute Gasteiger partial charge is 0.439 e. The van der Waals surface area contributed by atoms with Gasteiger partial charge in [0.2, 0.25) is 11.7 Å². The van der Waals surface area contributed by atoms with Gasteiger partial charge in [0.1, 0.15) is 5.75 Å². The van der Waals surface area contributed by atoms with Crippen LogP contribution in [0.4, 0.5) is 11.5 Å². The number of ether oxygens (including phenoxy) is 1. The van der Waals surface area contributed by atoms with Crippen LogP contribution in [0.5, 0.6) is 11.6 Å². The van der Waals surface area contributed by atoms with Crippen molar-refractivity contribution < 1.29 is 18.1 Å². The third kappa shape index (κ3) is 3.45. The molecule has 2 aromatic rings. The van der Waals surface area contributed by atoms with Gasteiger partial charge in [-0.15, -0.1) is 0 Å². The Morgan fingerprint density at radius 3 is 2.29 bits per heavy atom. The van der Waals surface area contributed by atoms with Crippen molar-refractivity contribution in [3.8, 4) is 11.6 Å². The first-order valence-electron chi connectivity index (χ1n) is 5.66. The summed E-state index contributed by atoms with van der Waals surface area (Å²) < 4.78 is 28.0. The lowest BCUT2D eigenvalue weighted by atomic mass is 10.3. The molecular weight excluding hydrogens is 298 g/mol. The number of benzene rings is 1. The number of pyridine rings is 1. The molecule has 0 radical (unpaired) electrons. The van der Waals surface area contributed by atoms with Crippen LogP contribution in [-0.4, -0.2) is 24.6 Å². The molecule has 1 aromatic carbocycles. The van der Waals surface area contributed by atoms with Gasteiger partial charge < -0.3 is 10.5 Å². The highest BCUT2D eigenvalue weighted by Crippen LogP contribution is 2.26. The number of hydrogen-bond donors (Lipinski definition) is 1. The minimum absolute atomic E-state index is 0.0743. The van der Waals surface area contributed by atoms with Gasteiger partial charge in [-0.25, -0.2) is 8.42 Å². The van der Waals surface area contributed by atoms with Crippen molar-refractivity contribution in [1.29, 1.82) is 0 Å². The van der Waals surface area contributed by atoms with Gasteiger partial charge in [-0.2, -0.15) is 4.98 Å². The first-order valence-corrected chi connectivity index (χ1v) is 7.55. The van der Waals surface area contributed by atoms with E-state index in [0.29, 0.717) is 5.75 Å². The van der Waals surface area contributed by atoms with Crippen LogP contribution in [0.25, 0.3) is 0 Å². The van der Waals surface area contributed by atoms with Crippen LogP contribution in [0.2, 0.25) is 0 Å². The minimum atomic E-state index is -3.28. The third-order valence-corrected chi connectivity index (χ3v) is 3.68. The highest BCUT2D eigenvalue weighted by atomic mass is 32.2. The zero-order valence-corrected chi connectivity index (χ0v) is 11.7. The van der Waals surface area contributed by atoms with Gasteiger partial charge in [0.15, 0.2) is 9.84 Å². The highest BCUT2D eigenvalue weighted by molar-refractivity contribution is 7.90. The first kappa shape index (κ1) is 14.7. The number of anilines is 1. The Morgan fingerprint density at radius 2 is 1.81 bits per heavy atom. The first-order chi connectivity index (χ1) is 9.77. The lowest BCUT2D eigenvalue weighted by Crippen LogP contribution is -2.00. The summed E-state index contributed by atoms with van der Waals surface area (Å²) in [4.78, 5) is 13.9. The molecular formula is C12H11N3O5S. The maximum atomic E-state index is 11.3. The summed E-state index contributed by atoms with van der Waals surface area (Å²) >= 11 is 0. The van der Waals surface area contributed by atoms with E-state index < -0.39 is 14.8 Å². The molecule has 0 atom stereocenters. The second kappa shape index (κ2) is 5.37. The predicted octanol–water partition coefficient (Wildman–Crippen LogP) is 1.77. The monoisotopic (exact) mass is 309 g/mol. The Morgan fingerprint density at radius 1 is 1.19 bits per heavy atom. The second-order valence-electron chi connectivity index (χ2n) is 4.16. The Kier molecular flexibility index (Phi) is 3.76. The smallest absolute Gasteiger partial charge is 0.311 e. The maximum absolute atomic E-state index is 11.3. The van der Waals surface area contributed by atoms with E-state index in [4.69, 9.17) is 10.5 Å². The Hall–Kier alpha value is -2.68. The molecule has 0 aliphatic carbocycles. The molecule has 2 rings (SSSR count). The molecule has 0 fully saturated rings. The van der Waals surface area contributed by atoms with Crippen molar-refractivity contribution in [2.75, 3.05) is 12.0 Å². The lowest BCUT2D eigenvalue weighted by Gasteiger charge is -2.06. The molecule has 0 saturated carbocycles. The standard InChI is InChI=1S/C12H11N3O5S/c1-21(18,19)9-4-2-8(3-5-9)20-11-7-6-10(15(16)17)12(13)14-11/h2-7H,1H3,(H2,13,14). The van der Waals surface area contributed by atoms with Gasteiger partial charge >= 0.3 is 5.69 Å². The molecule has 0 saturated heterocycles. The molecule has 110 valence electrons. The van der Waals surface area contributed by atoms with Crippen LogP contribution in [0.15, 0.2) is 41.3 Å². The van der Waals surface area contributed by atoms with Gasteiger partial charge in [-0.05, 0) is 24.3 Å². The molecule has 0 aliphatic heterocycles. The van der Waals surface area contributed by atoms with Gasteiger partial charge in [0.25, 0.3) is 0 Å². The van der Waals surface area contributed by atoms with Crippen LogP contribution >= 0.6 is 0 Å². The Bertz CT molecular complexity index is 787. The fraction of sp³-hybridized carbons (Fsp3) is 0.0833. The van der Waals surface area contributed by atoms with Crippen molar-refractivity contribution in [3.05, 3.63) is 46.5 Å². The van der Waals surface area contributed by atoms with E-state index >= 15 is 0 Å². The normalized spacial score (nSPS) is 11.1. The third-order valence-electron chi connectivity index (χ3n) is 2.55. The molecule has 0 bridgehead atoms. The molecule has 2 N–H and O–H groups in total. The molecule has 0 aliphatic rings. The van der Waals surface area contributed by atoms with Crippen molar-refractivity contribution in [1.82, 2.24) is 4.98 Å². The van der Waals surface area contributed by atoms with Crippen LogP contribution < -0.4 is 10.5 Å². The van der Waals surface area contributed by atoms with Crippen LogP contribution in [0.3, 0.4) is 0 Å². The van der Waals surface area contributed by atoms with Gasteiger partial charge in [-0.1, -0.05) is 0 Å². The molecule has 1 aromatic heterocycles. The summed E-state index contributed by atoms with van der Waals surface area (Å²) in [6, 6.07) is 8.17. The average Bonchev–Trinajstić information content (AvgIpc) is 2.38. The van der Waals surface area contributed by atoms with E-state index in [-0.39, 0.29) is 22.3 Å². The van der Waals surface area contributed by atoms with Crippen molar-refractivity contribution in [3.63, 3.8) is 0 Å². The topological polar surface area (TPSA) is 125 Å². The van der Waals surface area contributed by atoms with E-state index in [1.165, 1.54) is 36.4 Å². The number of nitro groups is 1. The summed E-state index contributed by atoms with van der Waals surface area (Å²) in [6.45, 7) is 0. The number of nitrogen functional groups attached to an aromatic ring is 1. The van der Waals surface area contributed by atoms with Gasteiger partial charge in [0, 0.05) is 18.4 Å². The molecule has 21 heavy (non-hydrogen) atoms.